The quantitative estimate of drug-likeness (QED) is 0.709. The second-order valence-corrected chi connectivity index (χ2v) is 4.04. The summed E-state index contributed by atoms with van der Waals surface area (Å²) in [6, 6.07) is 6.18. The minimum Gasteiger partial charge on any atom is -0.381 e. The SMILES string of the molecule is c1ccn2ncc(C3CCCOC3)c2c1. The van der Waals surface area contributed by atoms with Crippen molar-refractivity contribution in [3.05, 3.63) is 36.2 Å². The molecule has 3 heteroatoms. The van der Waals surface area contributed by atoms with Gasteiger partial charge in [0.05, 0.1) is 18.3 Å². The molecule has 15 heavy (non-hydrogen) atoms. The molecule has 0 saturated carbocycles. The van der Waals surface area contributed by atoms with Gasteiger partial charge >= 0.3 is 0 Å². The van der Waals surface area contributed by atoms with Crippen molar-refractivity contribution in [3.8, 4) is 0 Å². The lowest BCUT2D eigenvalue weighted by molar-refractivity contribution is 0.0808. The Hall–Kier alpha value is -1.35. The van der Waals surface area contributed by atoms with Crippen LogP contribution in [0.4, 0.5) is 0 Å². The Balaban J connectivity index is 2.02. The normalized spacial score (nSPS) is 22.0. The smallest absolute Gasteiger partial charge is 0.0697 e. The number of hydrogen-bond acceptors (Lipinski definition) is 2. The van der Waals surface area contributed by atoms with Crippen LogP contribution in [0.15, 0.2) is 30.6 Å². The summed E-state index contributed by atoms with van der Waals surface area (Å²) in [4.78, 5) is 0. The van der Waals surface area contributed by atoms with Gasteiger partial charge in [0.1, 0.15) is 0 Å². The van der Waals surface area contributed by atoms with E-state index in [1.54, 1.807) is 0 Å². The molecule has 1 saturated heterocycles. The van der Waals surface area contributed by atoms with E-state index < -0.39 is 0 Å². The highest BCUT2D eigenvalue weighted by atomic mass is 16.5. The molecule has 1 atom stereocenters. The second kappa shape index (κ2) is 3.66. The van der Waals surface area contributed by atoms with Gasteiger partial charge in [0.2, 0.25) is 0 Å². The van der Waals surface area contributed by atoms with Gasteiger partial charge < -0.3 is 4.74 Å². The molecule has 0 spiro atoms. The fourth-order valence-electron chi connectivity index (χ4n) is 2.25. The molecule has 78 valence electrons. The van der Waals surface area contributed by atoms with E-state index in [-0.39, 0.29) is 0 Å². The summed E-state index contributed by atoms with van der Waals surface area (Å²) in [7, 11) is 0. The average Bonchev–Trinajstić information content (AvgIpc) is 2.74. The number of pyridine rings is 1. The van der Waals surface area contributed by atoms with Gasteiger partial charge in [0.15, 0.2) is 0 Å². The maximum absolute atomic E-state index is 5.52. The first-order valence-electron chi connectivity index (χ1n) is 5.45. The third-order valence-electron chi connectivity index (χ3n) is 3.06. The zero-order valence-electron chi connectivity index (χ0n) is 8.60. The van der Waals surface area contributed by atoms with E-state index in [0.717, 1.165) is 19.6 Å². The van der Waals surface area contributed by atoms with Crippen LogP contribution < -0.4 is 0 Å². The van der Waals surface area contributed by atoms with Crippen LogP contribution in [-0.2, 0) is 4.74 Å². The molecule has 0 bridgehead atoms. The van der Waals surface area contributed by atoms with Crippen molar-refractivity contribution in [1.29, 1.82) is 0 Å². The number of aromatic nitrogens is 2. The van der Waals surface area contributed by atoms with E-state index in [2.05, 4.69) is 17.2 Å². The lowest BCUT2D eigenvalue weighted by Crippen LogP contribution is -2.15. The van der Waals surface area contributed by atoms with Crippen molar-refractivity contribution >= 4 is 5.52 Å². The number of hydrogen-bond donors (Lipinski definition) is 0. The molecule has 1 unspecified atom stereocenters. The van der Waals surface area contributed by atoms with E-state index in [1.165, 1.54) is 17.5 Å². The molecule has 3 rings (SSSR count). The fraction of sp³-hybridized carbons (Fsp3) is 0.417. The molecule has 1 fully saturated rings. The molecule has 0 aromatic carbocycles. The van der Waals surface area contributed by atoms with Gasteiger partial charge in [-0.1, -0.05) is 6.07 Å². The van der Waals surface area contributed by atoms with Gasteiger partial charge in [0.25, 0.3) is 0 Å². The average molecular weight is 202 g/mol. The van der Waals surface area contributed by atoms with Crippen LogP contribution >= 0.6 is 0 Å². The molecule has 2 aromatic rings. The summed E-state index contributed by atoms with van der Waals surface area (Å²) >= 11 is 0. The van der Waals surface area contributed by atoms with Gasteiger partial charge in [-0.2, -0.15) is 5.10 Å². The monoisotopic (exact) mass is 202 g/mol. The summed E-state index contributed by atoms with van der Waals surface area (Å²) < 4.78 is 7.45. The first-order valence-corrected chi connectivity index (χ1v) is 5.45. The largest absolute Gasteiger partial charge is 0.381 e. The molecule has 3 heterocycles. The number of fused-ring (bicyclic) bond motifs is 1. The Morgan fingerprint density at radius 1 is 1.40 bits per heavy atom. The Morgan fingerprint density at radius 3 is 3.27 bits per heavy atom. The minimum absolute atomic E-state index is 0.527. The first-order chi connectivity index (χ1) is 7.45. The molecule has 0 radical (unpaired) electrons. The van der Waals surface area contributed by atoms with Crippen molar-refractivity contribution in [2.45, 2.75) is 18.8 Å². The summed E-state index contributed by atoms with van der Waals surface area (Å²) in [6.07, 6.45) is 6.35. The van der Waals surface area contributed by atoms with Gasteiger partial charge in [-0.3, -0.25) is 0 Å². The summed E-state index contributed by atoms with van der Waals surface area (Å²) in [5.41, 5.74) is 2.54. The van der Waals surface area contributed by atoms with Crippen molar-refractivity contribution in [2.75, 3.05) is 13.2 Å². The molecule has 2 aromatic heterocycles. The van der Waals surface area contributed by atoms with E-state index in [0.29, 0.717) is 5.92 Å². The minimum atomic E-state index is 0.527. The van der Waals surface area contributed by atoms with Gasteiger partial charge in [-0.05, 0) is 25.0 Å². The van der Waals surface area contributed by atoms with Crippen molar-refractivity contribution in [2.24, 2.45) is 0 Å². The van der Waals surface area contributed by atoms with Crippen molar-refractivity contribution in [3.63, 3.8) is 0 Å². The van der Waals surface area contributed by atoms with E-state index in [1.807, 2.05) is 23.0 Å². The predicted octanol–water partition coefficient (Wildman–Crippen LogP) is 2.23. The van der Waals surface area contributed by atoms with E-state index in [4.69, 9.17) is 4.74 Å². The molecule has 3 nitrogen and oxygen atoms in total. The fourth-order valence-corrected chi connectivity index (χ4v) is 2.25. The summed E-state index contributed by atoms with van der Waals surface area (Å²) in [5.74, 6) is 0.527. The van der Waals surface area contributed by atoms with Gasteiger partial charge in [-0.15, -0.1) is 0 Å². The Labute approximate surface area is 88.7 Å². The highest BCUT2D eigenvalue weighted by Crippen LogP contribution is 2.28. The van der Waals surface area contributed by atoms with Crippen LogP contribution in [0.5, 0.6) is 0 Å². The number of ether oxygens (including phenoxy) is 1. The summed E-state index contributed by atoms with van der Waals surface area (Å²) in [5, 5.41) is 4.35. The zero-order valence-corrected chi connectivity index (χ0v) is 8.60. The number of nitrogens with zero attached hydrogens (tertiary/aromatic N) is 2. The first kappa shape index (κ1) is 8.92. The van der Waals surface area contributed by atoms with E-state index >= 15 is 0 Å². The summed E-state index contributed by atoms with van der Waals surface area (Å²) in [6.45, 7) is 1.76. The maximum Gasteiger partial charge on any atom is 0.0697 e. The zero-order chi connectivity index (χ0) is 10.1. The van der Waals surface area contributed by atoms with Crippen LogP contribution in [0.1, 0.15) is 24.3 Å². The third kappa shape index (κ3) is 1.53. The Kier molecular flexibility index (Phi) is 2.18. The Morgan fingerprint density at radius 2 is 2.40 bits per heavy atom. The molecule has 0 aliphatic carbocycles. The predicted molar refractivity (Wildman–Crippen MR) is 58.0 cm³/mol. The van der Waals surface area contributed by atoms with Crippen LogP contribution in [0, 0.1) is 0 Å². The van der Waals surface area contributed by atoms with Crippen LogP contribution in [0.3, 0.4) is 0 Å². The molecule has 1 aliphatic rings. The van der Waals surface area contributed by atoms with Crippen LogP contribution in [0.2, 0.25) is 0 Å². The molecular weight excluding hydrogens is 188 g/mol. The second-order valence-electron chi connectivity index (χ2n) is 4.04. The highest BCUT2D eigenvalue weighted by molar-refractivity contribution is 5.55. The third-order valence-corrected chi connectivity index (χ3v) is 3.06. The van der Waals surface area contributed by atoms with Crippen molar-refractivity contribution < 1.29 is 4.74 Å². The lowest BCUT2D eigenvalue weighted by Gasteiger charge is -2.21. The van der Waals surface area contributed by atoms with Gasteiger partial charge in [0, 0.05) is 24.3 Å². The molecule has 0 N–H and O–H groups in total. The standard InChI is InChI=1S/C12H14N2O/c1-2-6-14-12(5-1)11(8-13-14)10-4-3-7-15-9-10/h1-2,5-6,8,10H,3-4,7,9H2. The van der Waals surface area contributed by atoms with Crippen molar-refractivity contribution in [1.82, 2.24) is 9.61 Å². The van der Waals surface area contributed by atoms with Crippen LogP contribution in [0.25, 0.3) is 5.52 Å². The van der Waals surface area contributed by atoms with Crippen LogP contribution in [-0.4, -0.2) is 22.8 Å². The lowest BCUT2D eigenvalue weighted by atomic mass is 9.95. The van der Waals surface area contributed by atoms with Gasteiger partial charge in [-0.25, -0.2) is 4.52 Å². The molecular formula is C12H14N2O. The molecule has 1 aliphatic heterocycles. The number of rotatable bonds is 1. The highest BCUT2D eigenvalue weighted by Gasteiger charge is 2.19. The van der Waals surface area contributed by atoms with E-state index in [9.17, 15) is 0 Å². The maximum atomic E-state index is 5.52. The molecule has 0 amide bonds. The topological polar surface area (TPSA) is 26.5 Å². The Bertz CT molecular complexity index is 457.